The third kappa shape index (κ3) is 4.55. The third-order valence-electron chi connectivity index (χ3n) is 5.49. The van der Waals surface area contributed by atoms with Gasteiger partial charge in [0.2, 0.25) is 0 Å². The largest absolute Gasteiger partial charge is 0.342 e. The molecule has 1 fully saturated rings. The number of fused-ring (bicyclic) bond motifs is 1. The summed E-state index contributed by atoms with van der Waals surface area (Å²) in [6.45, 7) is 0.633. The Hall–Kier alpha value is -2.52. The zero-order valence-corrected chi connectivity index (χ0v) is 21.5. The van der Waals surface area contributed by atoms with Crippen molar-refractivity contribution in [3.8, 4) is 0 Å². The first-order valence-electron chi connectivity index (χ1n) is 10.3. The lowest BCUT2D eigenvalue weighted by Gasteiger charge is -2.13. The molecule has 4 nitrogen and oxygen atoms in total. The maximum atomic E-state index is 14.5. The molecule has 34 heavy (non-hydrogen) atoms. The molecule has 0 spiro atoms. The molecule has 0 atom stereocenters. The quantitative estimate of drug-likeness (QED) is 0.190. The normalized spacial score (nSPS) is 15.1. The number of thioether (sulfide) groups is 1. The second-order valence-corrected chi connectivity index (χ2v) is 10.7. The summed E-state index contributed by atoms with van der Waals surface area (Å²) in [7, 11) is 0. The first-order valence-corrected chi connectivity index (χ1v) is 12.7. The average molecular weight is 573 g/mol. The molecule has 2 aromatic heterocycles. The van der Waals surface area contributed by atoms with E-state index in [2.05, 4.69) is 20.9 Å². The Kier molecular flexibility index (Phi) is 6.57. The number of pyridine rings is 1. The molecule has 0 aliphatic carbocycles. The van der Waals surface area contributed by atoms with Crippen molar-refractivity contribution in [2.75, 3.05) is 0 Å². The molecule has 0 radical (unpaired) electrons. The van der Waals surface area contributed by atoms with Crippen LogP contribution in [0.5, 0.6) is 0 Å². The Labute approximate surface area is 218 Å². The van der Waals surface area contributed by atoms with Crippen LogP contribution in [-0.2, 0) is 17.9 Å². The van der Waals surface area contributed by atoms with E-state index in [0.717, 1.165) is 26.5 Å². The highest BCUT2D eigenvalue weighted by Crippen LogP contribution is 2.36. The molecule has 1 aliphatic heterocycles. The maximum absolute atomic E-state index is 14.5. The van der Waals surface area contributed by atoms with Crippen molar-refractivity contribution in [3.05, 3.63) is 104 Å². The lowest BCUT2D eigenvalue weighted by Crippen LogP contribution is -2.27. The predicted octanol–water partition coefficient (Wildman–Crippen LogP) is 7.04. The molecule has 3 heterocycles. The van der Waals surface area contributed by atoms with Crippen LogP contribution in [0.2, 0.25) is 5.02 Å². The Morgan fingerprint density at radius 3 is 2.79 bits per heavy atom. The lowest BCUT2D eigenvalue weighted by atomic mass is 10.1. The van der Waals surface area contributed by atoms with E-state index in [9.17, 15) is 9.18 Å². The van der Waals surface area contributed by atoms with E-state index >= 15 is 0 Å². The van der Waals surface area contributed by atoms with Gasteiger partial charge < -0.3 is 4.57 Å². The summed E-state index contributed by atoms with van der Waals surface area (Å²) < 4.78 is 17.8. The fourth-order valence-corrected chi connectivity index (χ4v) is 5.68. The van der Waals surface area contributed by atoms with Crippen molar-refractivity contribution in [2.45, 2.75) is 13.1 Å². The number of benzene rings is 2. The lowest BCUT2D eigenvalue weighted by molar-refractivity contribution is -0.122. The summed E-state index contributed by atoms with van der Waals surface area (Å²) in [5, 5.41) is 1.30. The number of aromatic nitrogens is 2. The fraction of sp³-hybridized carbons (Fsp3) is 0.0800. The molecule has 4 aromatic rings. The number of halogens is 3. The van der Waals surface area contributed by atoms with E-state index in [0.29, 0.717) is 26.4 Å². The summed E-state index contributed by atoms with van der Waals surface area (Å²) in [4.78, 5) is 19.4. The molecule has 2 aromatic carbocycles. The molecule has 170 valence electrons. The van der Waals surface area contributed by atoms with E-state index in [-0.39, 0.29) is 18.3 Å². The Morgan fingerprint density at radius 2 is 2.03 bits per heavy atom. The van der Waals surface area contributed by atoms with Crippen LogP contribution in [0.3, 0.4) is 0 Å². The number of hydrogen-bond donors (Lipinski definition) is 0. The summed E-state index contributed by atoms with van der Waals surface area (Å²) in [5.74, 6) is -0.504. The van der Waals surface area contributed by atoms with Crippen molar-refractivity contribution in [3.63, 3.8) is 0 Å². The molecular formula is C25H16BrClFN3OS2. The van der Waals surface area contributed by atoms with E-state index in [1.165, 1.54) is 17.8 Å². The van der Waals surface area contributed by atoms with E-state index in [4.69, 9.17) is 23.8 Å². The minimum absolute atomic E-state index is 0.146. The van der Waals surface area contributed by atoms with E-state index < -0.39 is 0 Å². The van der Waals surface area contributed by atoms with Crippen LogP contribution in [0.1, 0.15) is 16.7 Å². The van der Waals surface area contributed by atoms with Gasteiger partial charge in [-0.25, -0.2) is 4.39 Å². The van der Waals surface area contributed by atoms with Crippen molar-refractivity contribution < 1.29 is 9.18 Å². The number of amides is 1. The van der Waals surface area contributed by atoms with Crippen molar-refractivity contribution in [2.24, 2.45) is 0 Å². The minimum atomic E-state index is -0.357. The highest BCUT2D eigenvalue weighted by atomic mass is 79.9. The molecule has 0 bridgehead atoms. The smallest absolute Gasteiger partial charge is 0.266 e. The Bertz CT molecular complexity index is 1450. The SMILES string of the molecule is O=C1/C(=C/c2cn(Cc3c(F)cccc3Cl)c3ccc(Br)cc23)SC(=S)N1Cc1cccnc1. The van der Waals surface area contributed by atoms with E-state index in [1.807, 2.05) is 47.2 Å². The summed E-state index contributed by atoms with van der Waals surface area (Å²) in [5.41, 5.74) is 3.06. The number of carbonyl (C=O) groups excluding carboxylic acids is 1. The van der Waals surface area contributed by atoms with Gasteiger partial charge in [-0.2, -0.15) is 0 Å². The van der Waals surface area contributed by atoms with Gasteiger partial charge in [0, 0.05) is 50.1 Å². The van der Waals surface area contributed by atoms with Crippen LogP contribution < -0.4 is 0 Å². The third-order valence-corrected chi connectivity index (χ3v) is 7.71. The highest BCUT2D eigenvalue weighted by Gasteiger charge is 2.32. The van der Waals surface area contributed by atoms with Gasteiger partial charge in [0.15, 0.2) is 0 Å². The molecule has 1 amide bonds. The number of thiocarbonyl (C=S) groups is 1. The molecule has 0 N–H and O–H groups in total. The number of carbonyl (C=O) groups is 1. The van der Waals surface area contributed by atoms with Gasteiger partial charge in [0.05, 0.1) is 18.0 Å². The second-order valence-electron chi connectivity index (χ2n) is 7.70. The standard InChI is InChI=1S/C25H16BrClFN3OS2/c26-17-6-7-22-18(10-17)16(13-30(22)14-19-20(27)4-1-5-21(19)28)9-23-24(32)31(25(33)34-23)12-15-3-2-8-29-11-15/h1-11,13H,12,14H2/b23-9-. The first kappa shape index (κ1) is 23.2. The van der Waals surface area contributed by atoms with Crippen LogP contribution in [0.4, 0.5) is 4.39 Å². The van der Waals surface area contributed by atoms with Gasteiger partial charge in [-0.3, -0.25) is 14.7 Å². The Balaban J connectivity index is 1.52. The zero-order valence-electron chi connectivity index (χ0n) is 17.5. The van der Waals surface area contributed by atoms with Gasteiger partial charge in [-0.1, -0.05) is 63.6 Å². The van der Waals surface area contributed by atoms with Crippen LogP contribution in [0.25, 0.3) is 17.0 Å². The predicted molar refractivity (Wildman–Crippen MR) is 143 cm³/mol. The fourth-order valence-electron chi connectivity index (χ4n) is 3.85. The minimum Gasteiger partial charge on any atom is -0.342 e. The summed E-state index contributed by atoms with van der Waals surface area (Å²) >= 11 is 16.6. The van der Waals surface area contributed by atoms with Gasteiger partial charge in [0.1, 0.15) is 10.1 Å². The molecule has 5 rings (SSSR count). The second kappa shape index (κ2) is 9.62. The first-order chi connectivity index (χ1) is 16.4. The molecule has 0 unspecified atom stereocenters. The number of hydrogen-bond acceptors (Lipinski definition) is 4. The topological polar surface area (TPSA) is 38.1 Å². The van der Waals surface area contributed by atoms with E-state index in [1.54, 1.807) is 29.4 Å². The summed E-state index contributed by atoms with van der Waals surface area (Å²) in [6, 6.07) is 14.3. The monoisotopic (exact) mass is 571 g/mol. The van der Waals surface area contributed by atoms with Gasteiger partial charge in [-0.05, 0) is 48.0 Å². The van der Waals surface area contributed by atoms with Crippen LogP contribution in [0, 0.1) is 5.82 Å². The molecule has 1 saturated heterocycles. The molecule has 9 heteroatoms. The number of nitrogens with zero attached hydrogens (tertiary/aromatic N) is 3. The van der Waals surface area contributed by atoms with Crippen molar-refractivity contribution in [1.82, 2.24) is 14.5 Å². The van der Waals surface area contributed by atoms with Crippen molar-refractivity contribution in [1.29, 1.82) is 0 Å². The maximum Gasteiger partial charge on any atom is 0.266 e. The van der Waals surface area contributed by atoms with Gasteiger partial charge in [0.25, 0.3) is 5.91 Å². The molecule has 1 aliphatic rings. The summed E-state index contributed by atoms with van der Waals surface area (Å²) in [6.07, 6.45) is 7.17. The van der Waals surface area contributed by atoms with Gasteiger partial charge in [-0.15, -0.1) is 0 Å². The van der Waals surface area contributed by atoms with Crippen molar-refractivity contribution >= 4 is 78.7 Å². The number of rotatable bonds is 5. The highest BCUT2D eigenvalue weighted by molar-refractivity contribution is 9.10. The van der Waals surface area contributed by atoms with Crippen LogP contribution in [-0.4, -0.2) is 24.7 Å². The van der Waals surface area contributed by atoms with Crippen LogP contribution in [0.15, 0.2) is 76.5 Å². The van der Waals surface area contributed by atoms with Gasteiger partial charge >= 0.3 is 0 Å². The zero-order chi connectivity index (χ0) is 23.8. The molecular weight excluding hydrogens is 557 g/mol. The Morgan fingerprint density at radius 1 is 1.18 bits per heavy atom. The van der Waals surface area contributed by atoms with Crippen LogP contribution >= 0.6 is 51.5 Å². The average Bonchev–Trinajstić information content (AvgIpc) is 3.28. The molecule has 0 saturated carbocycles.